The van der Waals surface area contributed by atoms with E-state index in [1.54, 1.807) is 6.92 Å². The Kier molecular flexibility index (Phi) is 4.42. The number of carbonyl (C=O) groups excluding carboxylic acids is 3. The number of hydrogen-bond donors (Lipinski definition) is 0. The molecule has 0 aromatic heterocycles. The Balaban J connectivity index is 2.43. The van der Waals surface area contributed by atoms with E-state index >= 15 is 0 Å². The highest BCUT2D eigenvalue weighted by Crippen LogP contribution is 2.41. The monoisotopic (exact) mass is 293 g/mol. The number of methoxy groups -OCH3 is 1. The van der Waals surface area contributed by atoms with Crippen LogP contribution >= 0.6 is 0 Å². The first-order valence-corrected chi connectivity index (χ1v) is 6.36. The molecular formula is C14H15NO6. The van der Waals surface area contributed by atoms with Crippen LogP contribution in [-0.4, -0.2) is 45.0 Å². The molecule has 1 aromatic carbocycles. The number of nitrogens with zero attached hydrogens (tertiary/aromatic N) is 1. The molecule has 1 aliphatic heterocycles. The molecule has 1 amide bonds. The first kappa shape index (κ1) is 14.8. The van der Waals surface area contributed by atoms with Gasteiger partial charge in [0.15, 0.2) is 18.1 Å². The summed E-state index contributed by atoms with van der Waals surface area (Å²) in [6.07, 6.45) is 0.629. The van der Waals surface area contributed by atoms with Crippen LogP contribution in [0.2, 0.25) is 0 Å². The van der Waals surface area contributed by atoms with Crippen molar-refractivity contribution in [3.8, 4) is 11.5 Å². The zero-order valence-electron chi connectivity index (χ0n) is 11.8. The maximum absolute atomic E-state index is 12.0. The zero-order valence-corrected chi connectivity index (χ0v) is 11.8. The largest absolute Gasteiger partial charge is 0.493 e. The lowest BCUT2D eigenvalue weighted by Gasteiger charge is -2.29. The van der Waals surface area contributed by atoms with Crippen molar-refractivity contribution in [1.82, 2.24) is 0 Å². The van der Waals surface area contributed by atoms with E-state index in [1.165, 1.54) is 24.1 Å². The molecule has 0 unspecified atom stereocenters. The van der Waals surface area contributed by atoms with Crippen molar-refractivity contribution in [1.29, 1.82) is 0 Å². The smallest absolute Gasteiger partial charge is 0.326 e. The standard InChI is InChI=1S/C14H15NO6/c1-3-20-13(18)6-15-10-4-9(7-16)5-11(19-2)14(10)21-8-12(15)17/h4-5,7H,3,6,8H2,1-2H3. The molecule has 112 valence electrons. The van der Waals surface area contributed by atoms with Crippen LogP contribution in [0.5, 0.6) is 11.5 Å². The third kappa shape index (κ3) is 2.96. The van der Waals surface area contributed by atoms with Crippen molar-refractivity contribution in [3.05, 3.63) is 17.7 Å². The number of anilines is 1. The second kappa shape index (κ2) is 6.25. The molecular weight excluding hydrogens is 278 g/mol. The summed E-state index contributed by atoms with van der Waals surface area (Å²) in [5.74, 6) is -0.266. The lowest BCUT2D eigenvalue weighted by molar-refractivity contribution is -0.142. The highest BCUT2D eigenvalue weighted by atomic mass is 16.5. The van der Waals surface area contributed by atoms with Crippen molar-refractivity contribution in [2.45, 2.75) is 6.92 Å². The van der Waals surface area contributed by atoms with Crippen LogP contribution in [0.3, 0.4) is 0 Å². The van der Waals surface area contributed by atoms with Gasteiger partial charge in [0.25, 0.3) is 5.91 Å². The van der Waals surface area contributed by atoms with Gasteiger partial charge in [-0.2, -0.15) is 0 Å². The molecule has 1 aliphatic rings. The molecule has 0 fully saturated rings. The third-order valence-corrected chi connectivity index (χ3v) is 2.94. The molecule has 1 aromatic rings. The predicted molar refractivity (Wildman–Crippen MR) is 72.9 cm³/mol. The van der Waals surface area contributed by atoms with E-state index < -0.39 is 5.97 Å². The van der Waals surface area contributed by atoms with Crippen molar-refractivity contribution >= 4 is 23.9 Å². The van der Waals surface area contributed by atoms with Gasteiger partial charge in [-0.05, 0) is 19.1 Å². The first-order valence-electron chi connectivity index (χ1n) is 6.36. The number of benzene rings is 1. The lowest BCUT2D eigenvalue weighted by atomic mass is 10.1. The molecule has 0 saturated heterocycles. The minimum Gasteiger partial charge on any atom is -0.493 e. The molecule has 0 atom stereocenters. The second-order valence-electron chi connectivity index (χ2n) is 4.26. The van der Waals surface area contributed by atoms with Gasteiger partial charge in [-0.15, -0.1) is 0 Å². The second-order valence-corrected chi connectivity index (χ2v) is 4.26. The summed E-state index contributed by atoms with van der Waals surface area (Å²) in [6.45, 7) is 1.46. The van der Waals surface area contributed by atoms with Gasteiger partial charge in [0.2, 0.25) is 0 Å². The van der Waals surface area contributed by atoms with Crippen LogP contribution in [0.25, 0.3) is 0 Å². The van der Waals surface area contributed by atoms with Gasteiger partial charge < -0.3 is 14.2 Å². The molecule has 0 radical (unpaired) electrons. The fourth-order valence-corrected chi connectivity index (χ4v) is 2.03. The Morgan fingerprint density at radius 3 is 2.86 bits per heavy atom. The zero-order chi connectivity index (χ0) is 15.4. The minimum atomic E-state index is -0.533. The Bertz CT molecular complexity index is 583. The van der Waals surface area contributed by atoms with Crippen molar-refractivity contribution in [3.63, 3.8) is 0 Å². The normalized spacial score (nSPS) is 13.2. The van der Waals surface area contributed by atoms with Gasteiger partial charge in [0, 0.05) is 5.56 Å². The van der Waals surface area contributed by atoms with Crippen molar-refractivity contribution in [2.75, 3.05) is 31.8 Å². The summed E-state index contributed by atoms with van der Waals surface area (Å²) >= 11 is 0. The Hall–Kier alpha value is -2.57. The fraction of sp³-hybridized carbons (Fsp3) is 0.357. The SMILES string of the molecule is CCOC(=O)CN1C(=O)COc2c(OC)cc(C=O)cc21. The van der Waals surface area contributed by atoms with E-state index in [0.717, 1.165) is 0 Å². The van der Waals surface area contributed by atoms with Crippen LogP contribution in [0.15, 0.2) is 12.1 Å². The Morgan fingerprint density at radius 1 is 1.48 bits per heavy atom. The topological polar surface area (TPSA) is 82.1 Å². The number of aldehydes is 1. The quantitative estimate of drug-likeness (QED) is 0.590. The predicted octanol–water partition coefficient (Wildman–Crippen LogP) is 0.796. The lowest BCUT2D eigenvalue weighted by Crippen LogP contribution is -2.42. The molecule has 21 heavy (non-hydrogen) atoms. The van der Waals surface area contributed by atoms with Crippen LogP contribution in [0.4, 0.5) is 5.69 Å². The van der Waals surface area contributed by atoms with Crippen LogP contribution in [0.1, 0.15) is 17.3 Å². The molecule has 7 heteroatoms. The van der Waals surface area contributed by atoms with Gasteiger partial charge in [0.1, 0.15) is 12.8 Å². The van der Waals surface area contributed by atoms with Gasteiger partial charge in [0.05, 0.1) is 19.4 Å². The number of hydrogen-bond acceptors (Lipinski definition) is 6. The van der Waals surface area contributed by atoms with Crippen molar-refractivity contribution < 1.29 is 28.6 Å². The maximum Gasteiger partial charge on any atom is 0.326 e. The van der Waals surface area contributed by atoms with Gasteiger partial charge in [-0.25, -0.2) is 0 Å². The third-order valence-electron chi connectivity index (χ3n) is 2.94. The molecule has 0 N–H and O–H groups in total. The number of ether oxygens (including phenoxy) is 3. The summed E-state index contributed by atoms with van der Waals surface area (Å²) < 4.78 is 15.3. The molecule has 0 aliphatic carbocycles. The van der Waals surface area contributed by atoms with E-state index in [-0.39, 0.29) is 25.7 Å². The van der Waals surface area contributed by atoms with E-state index in [2.05, 4.69) is 0 Å². The van der Waals surface area contributed by atoms with Crippen molar-refractivity contribution in [2.24, 2.45) is 0 Å². The summed E-state index contributed by atoms with van der Waals surface area (Å²) in [6, 6.07) is 2.98. The van der Waals surface area contributed by atoms with E-state index in [9.17, 15) is 14.4 Å². The number of fused-ring (bicyclic) bond motifs is 1. The number of rotatable bonds is 5. The Labute approximate surface area is 121 Å². The summed E-state index contributed by atoms with van der Waals surface area (Å²) in [4.78, 5) is 35.8. The van der Waals surface area contributed by atoms with E-state index in [1.807, 2.05) is 0 Å². The maximum atomic E-state index is 12.0. The summed E-state index contributed by atoms with van der Waals surface area (Å²) in [5.41, 5.74) is 0.638. The molecule has 0 saturated carbocycles. The van der Waals surface area contributed by atoms with Crippen LogP contribution in [-0.2, 0) is 14.3 Å². The summed E-state index contributed by atoms with van der Waals surface area (Å²) in [7, 11) is 1.43. The minimum absolute atomic E-state index is 0.205. The molecule has 0 bridgehead atoms. The fourth-order valence-electron chi connectivity index (χ4n) is 2.03. The first-order chi connectivity index (χ1) is 10.1. The highest BCUT2D eigenvalue weighted by Gasteiger charge is 2.30. The molecule has 1 heterocycles. The van der Waals surface area contributed by atoms with Gasteiger partial charge in [-0.3, -0.25) is 19.3 Å². The van der Waals surface area contributed by atoms with Gasteiger partial charge >= 0.3 is 5.97 Å². The van der Waals surface area contributed by atoms with E-state index in [4.69, 9.17) is 14.2 Å². The van der Waals surface area contributed by atoms with Crippen LogP contribution in [0, 0.1) is 0 Å². The Morgan fingerprint density at radius 2 is 2.24 bits per heavy atom. The van der Waals surface area contributed by atoms with Crippen LogP contribution < -0.4 is 14.4 Å². The van der Waals surface area contributed by atoms with E-state index in [0.29, 0.717) is 29.0 Å². The molecule has 7 nitrogen and oxygen atoms in total. The molecule has 0 spiro atoms. The average Bonchev–Trinajstić information content (AvgIpc) is 2.49. The number of carbonyl (C=O) groups is 3. The van der Waals surface area contributed by atoms with Gasteiger partial charge in [-0.1, -0.05) is 0 Å². The highest BCUT2D eigenvalue weighted by molar-refractivity contribution is 6.02. The average molecular weight is 293 g/mol. The number of esters is 1. The molecule has 2 rings (SSSR count). The number of amides is 1. The summed E-state index contributed by atoms with van der Waals surface area (Å²) in [5, 5.41) is 0.